The van der Waals surface area contributed by atoms with E-state index in [0.717, 1.165) is 21.7 Å². The lowest BCUT2D eigenvalue weighted by Gasteiger charge is -2.29. The van der Waals surface area contributed by atoms with Gasteiger partial charge in [0.25, 0.3) is 0 Å². The maximum Gasteiger partial charge on any atom is 0.323 e. The molecule has 0 unspecified atom stereocenters. The van der Waals surface area contributed by atoms with Crippen molar-refractivity contribution in [3.63, 3.8) is 0 Å². The minimum absolute atomic E-state index is 0.0502. The Bertz CT molecular complexity index is 1150. The molecule has 0 saturated carbocycles. The van der Waals surface area contributed by atoms with Gasteiger partial charge in [0.15, 0.2) is 0 Å². The molecule has 5 nitrogen and oxygen atoms in total. The second kappa shape index (κ2) is 9.04. The molecule has 1 heterocycles. The number of nitrogens with one attached hydrogen (secondary N) is 2. The van der Waals surface area contributed by atoms with E-state index in [-0.39, 0.29) is 11.9 Å². The zero-order valence-electron chi connectivity index (χ0n) is 17.2. The Hall–Kier alpha value is -2.96. The third-order valence-corrected chi connectivity index (χ3v) is 6.35. The summed E-state index contributed by atoms with van der Waals surface area (Å²) in [4.78, 5) is 28.0. The number of benzene rings is 3. The molecule has 31 heavy (non-hydrogen) atoms. The Morgan fingerprint density at radius 1 is 1.03 bits per heavy atom. The zero-order valence-corrected chi connectivity index (χ0v) is 18.8. The maximum atomic E-state index is 12.7. The molecule has 0 aliphatic carbocycles. The molecule has 4 rings (SSSR count). The molecule has 3 amide bonds. The van der Waals surface area contributed by atoms with Crippen LogP contribution >= 0.6 is 23.4 Å². The zero-order chi connectivity index (χ0) is 22.0. The summed E-state index contributed by atoms with van der Waals surface area (Å²) in [6, 6.07) is 18.7. The van der Waals surface area contributed by atoms with Gasteiger partial charge in [0.05, 0.1) is 18.0 Å². The molecule has 3 aromatic rings. The van der Waals surface area contributed by atoms with E-state index in [0.29, 0.717) is 28.7 Å². The SMILES string of the molecule is Cc1ccc(CN2C(=O)CSc3ccc(NC(=O)Nc4cc(Cl)ccc4C)cc32)cc1. The van der Waals surface area contributed by atoms with Crippen LogP contribution in [0.5, 0.6) is 0 Å². The topological polar surface area (TPSA) is 61.4 Å². The van der Waals surface area contributed by atoms with Crippen LogP contribution in [0.15, 0.2) is 65.6 Å². The fraction of sp³-hybridized carbons (Fsp3) is 0.167. The summed E-state index contributed by atoms with van der Waals surface area (Å²) >= 11 is 7.55. The standard InChI is InChI=1S/C24H22ClN3O2S/c1-15-3-6-17(7-4-15)13-28-21-12-19(9-10-22(21)31-14-23(28)29)26-24(30)27-20-11-18(25)8-5-16(20)2/h3-12H,13-14H2,1-2H3,(H2,26,27,30). The number of hydrogen-bond donors (Lipinski definition) is 2. The number of halogens is 1. The molecule has 0 radical (unpaired) electrons. The molecule has 158 valence electrons. The van der Waals surface area contributed by atoms with Gasteiger partial charge in [-0.05, 0) is 55.3 Å². The molecule has 1 aliphatic heterocycles. The van der Waals surface area contributed by atoms with Crippen molar-refractivity contribution in [2.24, 2.45) is 0 Å². The number of rotatable bonds is 4. The summed E-state index contributed by atoms with van der Waals surface area (Å²) in [5.74, 6) is 0.453. The van der Waals surface area contributed by atoms with E-state index >= 15 is 0 Å². The average Bonchev–Trinajstić information content (AvgIpc) is 2.74. The summed E-state index contributed by atoms with van der Waals surface area (Å²) < 4.78 is 0. The van der Waals surface area contributed by atoms with Crippen molar-refractivity contribution in [2.75, 3.05) is 21.3 Å². The summed E-state index contributed by atoms with van der Waals surface area (Å²) in [5.41, 5.74) is 5.21. The van der Waals surface area contributed by atoms with Gasteiger partial charge in [-0.15, -0.1) is 11.8 Å². The number of aryl methyl sites for hydroxylation is 2. The van der Waals surface area contributed by atoms with Crippen molar-refractivity contribution in [3.05, 3.63) is 82.4 Å². The number of urea groups is 1. The quantitative estimate of drug-likeness (QED) is 0.493. The van der Waals surface area contributed by atoms with E-state index in [4.69, 9.17) is 11.6 Å². The minimum atomic E-state index is -0.370. The van der Waals surface area contributed by atoms with E-state index in [2.05, 4.69) is 10.6 Å². The Kier molecular flexibility index (Phi) is 6.20. The van der Waals surface area contributed by atoms with Crippen LogP contribution in [0, 0.1) is 13.8 Å². The molecule has 0 atom stereocenters. The number of nitrogens with zero attached hydrogens (tertiary/aromatic N) is 1. The molecular weight excluding hydrogens is 430 g/mol. The van der Waals surface area contributed by atoms with Crippen molar-refractivity contribution >= 4 is 52.4 Å². The number of hydrogen-bond acceptors (Lipinski definition) is 3. The third kappa shape index (κ3) is 5.03. The van der Waals surface area contributed by atoms with Gasteiger partial charge in [-0.1, -0.05) is 47.5 Å². The van der Waals surface area contributed by atoms with E-state index in [1.54, 1.807) is 17.0 Å². The predicted octanol–water partition coefficient (Wildman–Crippen LogP) is 6.24. The molecule has 3 aromatic carbocycles. The Morgan fingerprint density at radius 3 is 2.58 bits per heavy atom. The highest BCUT2D eigenvalue weighted by Gasteiger charge is 2.25. The van der Waals surface area contributed by atoms with Gasteiger partial charge in [-0.3, -0.25) is 4.79 Å². The fourth-order valence-corrected chi connectivity index (χ4v) is 4.43. The van der Waals surface area contributed by atoms with E-state index in [1.807, 2.05) is 62.4 Å². The molecule has 0 aromatic heterocycles. The Balaban J connectivity index is 1.54. The van der Waals surface area contributed by atoms with Gasteiger partial charge in [0, 0.05) is 21.3 Å². The third-order valence-electron chi connectivity index (χ3n) is 5.07. The van der Waals surface area contributed by atoms with Crippen LogP contribution in [-0.2, 0) is 11.3 Å². The lowest BCUT2D eigenvalue weighted by Crippen LogP contribution is -2.34. The van der Waals surface area contributed by atoms with E-state index < -0.39 is 0 Å². The second-order valence-corrected chi connectivity index (χ2v) is 8.93. The number of fused-ring (bicyclic) bond motifs is 1. The Morgan fingerprint density at radius 2 is 1.81 bits per heavy atom. The van der Waals surface area contributed by atoms with Gasteiger partial charge in [-0.25, -0.2) is 4.79 Å². The van der Waals surface area contributed by atoms with Crippen LogP contribution in [-0.4, -0.2) is 17.7 Å². The van der Waals surface area contributed by atoms with Gasteiger partial charge >= 0.3 is 6.03 Å². The van der Waals surface area contributed by atoms with Crippen molar-refractivity contribution in [2.45, 2.75) is 25.3 Å². The minimum Gasteiger partial charge on any atom is -0.308 e. The number of carbonyl (C=O) groups excluding carboxylic acids is 2. The first-order valence-corrected chi connectivity index (χ1v) is 11.2. The second-order valence-electron chi connectivity index (χ2n) is 7.48. The van der Waals surface area contributed by atoms with Crippen molar-refractivity contribution in [3.8, 4) is 0 Å². The number of amides is 3. The molecule has 0 bridgehead atoms. The molecule has 2 N–H and O–H groups in total. The van der Waals surface area contributed by atoms with Crippen LogP contribution in [0.1, 0.15) is 16.7 Å². The first kappa shape index (κ1) is 21.3. The van der Waals surface area contributed by atoms with Crippen molar-refractivity contribution < 1.29 is 9.59 Å². The maximum absolute atomic E-state index is 12.7. The Labute approximate surface area is 190 Å². The average molecular weight is 452 g/mol. The van der Waals surface area contributed by atoms with Crippen molar-refractivity contribution in [1.29, 1.82) is 0 Å². The lowest BCUT2D eigenvalue weighted by atomic mass is 10.1. The molecule has 0 spiro atoms. The summed E-state index contributed by atoms with van der Waals surface area (Å²) in [6.45, 7) is 4.43. The molecule has 0 fully saturated rings. The van der Waals surface area contributed by atoms with Gasteiger partial charge in [0.2, 0.25) is 5.91 Å². The summed E-state index contributed by atoms with van der Waals surface area (Å²) in [5, 5.41) is 6.23. The van der Waals surface area contributed by atoms with Crippen molar-refractivity contribution in [1.82, 2.24) is 0 Å². The van der Waals surface area contributed by atoms with Gasteiger partial charge in [0.1, 0.15) is 0 Å². The fourth-order valence-electron chi connectivity index (χ4n) is 3.34. The molecular formula is C24H22ClN3O2S. The van der Waals surface area contributed by atoms with E-state index in [1.165, 1.54) is 17.3 Å². The highest BCUT2D eigenvalue weighted by molar-refractivity contribution is 8.00. The van der Waals surface area contributed by atoms with E-state index in [9.17, 15) is 9.59 Å². The first-order chi connectivity index (χ1) is 14.9. The van der Waals surface area contributed by atoms with Gasteiger partial charge in [-0.2, -0.15) is 0 Å². The number of thioether (sulfide) groups is 1. The summed E-state index contributed by atoms with van der Waals surface area (Å²) in [6.07, 6.45) is 0. The molecule has 7 heteroatoms. The predicted molar refractivity (Wildman–Crippen MR) is 128 cm³/mol. The first-order valence-electron chi connectivity index (χ1n) is 9.86. The van der Waals surface area contributed by atoms with Crippen LogP contribution < -0.4 is 15.5 Å². The number of carbonyl (C=O) groups is 2. The summed E-state index contributed by atoms with van der Waals surface area (Å²) in [7, 11) is 0. The van der Waals surface area contributed by atoms with Crippen LogP contribution in [0.2, 0.25) is 5.02 Å². The normalized spacial score (nSPS) is 13.0. The largest absolute Gasteiger partial charge is 0.323 e. The lowest BCUT2D eigenvalue weighted by molar-refractivity contribution is -0.116. The number of anilines is 3. The highest BCUT2D eigenvalue weighted by Crippen LogP contribution is 2.38. The van der Waals surface area contributed by atoms with Crippen LogP contribution in [0.25, 0.3) is 0 Å². The highest BCUT2D eigenvalue weighted by atomic mass is 35.5. The monoisotopic (exact) mass is 451 g/mol. The molecule has 0 saturated heterocycles. The molecule has 1 aliphatic rings. The van der Waals surface area contributed by atoms with Gasteiger partial charge < -0.3 is 15.5 Å². The van der Waals surface area contributed by atoms with Crippen LogP contribution in [0.4, 0.5) is 21.9 Å². The smallest absolute Gasteiger partial charge is 0.308 e. The van der Waals surface area contributed by atoms with Crippen LogP contribution in [0.3, 0.4) is 0 Å².